The minimum atomic E-state index is -1.50. The SMILES string of the molecule is CN(C)C(=O)C=Cc1cccc(CN2O[C@@H]3[C@H]4OC5(Cc6ccccc6C5)O[C@H]4[C@@H]4C[C@]3(C(=O)N(C)[C@H](Cc3ccccc3)C(=O)NCCO)[C@@H]2C(=O)O4)c1. The Hall–Kier alpha value is -4.92. The van der Waals surface area contributed by atoms with Gasteiger partial charge in [0.15, 0.2) is 11.8 Å². The van der Waals surface area contributed by atoms with Gasteiger partial charge in [0, 0.05) is 59.4 Å². The number of esters is 1. The molecule has 3 aromatic carbocycles. The fraction of sp³-hybridized carbons (Fsp3) is 0.429. The Labute approximate surface area is 319 Å². The molecule has 0 radical (unpaired) electrons. The molecule has 2 N–H and O–H groups in total. The molecule has 55 heavy (non-hydrogen) atoms. The molecule has 5 aliphatic rings. The monoisotopic (exact) mass is 750 g/mol. The van der Waals surface area contributed by atoms with Gasteiger partial charge in [0.25, 0.3) is 0 Å². The summed E-state index contributed by atoms with van der Waals surface area (Å²) in [6, 6.07) is 22.8. The maximum absolute atomic E-state index is 15.4. The molecule has 4 fully saturated rings. The summed E-state index contributed by atoms with van der Waals surface area (Å²) < 4.78 is 19.8. The van der Waals surface area contributed by atoms with E-state index >= 15 is 4.79 Å². The smallest absolute Gasteiger partial charge is 0.327 e. The zero-order valence-electron chi connectivity index (χ0n) is 31.1. The quantitative estimate of drug-likeness (QED) is 0.221. The fourth-order valence-corrected chi connectivity index (χ4v) is 9.04. The van der Waals surface area contributed by atoms with Gasteiger partial charge in [-0.05, 0) is 33.9 Å². The van der Waals surface area contributed by atoms with E-state index in [1.165, 1.54) is 20.9 Å². The molecule has 13 heteroatoms. The van der Waals surface area contributed by atoms with Crippen LogP contribution in [0.4, 0.5) is 0 Å². The van der Waals surface area contributed by atoms with Crippen LogP contribution in [-0.4, -0.2) is 120 Å². The Morgan fingerprint density at radius 3 is 2.35 bits per heavy atom. The highest BCUT2D eigenvalue weighted by molar-refractivity contribution is 5.96. The largest absolute Gasteiger partial charge is 0.458 e. The number of nitrogens with zero attached hydrogens (tertiary/aromatic N) is 3. The van der Waals surface area contributed by atoms with Crippen molar-refractivity contribution < 1.29 is 43.3 Å². The van der Waals surface area contributed by atoms with Crippen molar-refractivity contribution in [3.63, 3.8) is 0 Å². The number of carbonyl (C=O) groups is 4. The topological polar surface area (TPSA) is 147 Å². The van der Waals surface area contributed by atoms with Gasteiger partial charge in [0.05, 0.1) is 13.2 Å². The standard InChI is InChI=1S/C42H46N4O9/c1-44(2)33(48)17-16-27-12-9-13-28(20-27)25-46-36-39(50)52-32-24-42(36,40(51)45(3)31(38(49)43-18-19-47)21-26-10-5-4-6-11-26)37(55-46)35-34(32)53-41(54-35)22-29-14-7-8-15-30(29)23-41/h4-17,20,31-32,34-37,47H,18-19,21-25H2,1-3H3,(H,43,49)/t31-,32+,34+,35+,36+,37-,42+/m1/s1. The summed E-state index contributed by atoms with van der Waals surface area (Å²) in [4.78, 5) is 65.5. The Bertz CT molecular complexity index is 1980. The highest BCUT2D eigenvalue weighted by atomic mass is 16.8. The number of aliphatic hydroxyl groups is 1. The molecule has 7 atom stereocenters. The zero-order valence-corrected chi connectivity index (χ0v) is 31.1. The number of aliphatic hydroxyl groups excluding tert-OH is 1. The van der Waals surface area contributed by atoms with Crippen molar-refractivity contribution in [3.8, 4) is 0 Å². The molecule has 8 rings (SSSR count). The molecule has 13 nitrogen and oxygen atoms in total. The molecule has 2 bridgehead atoms. The fourth-order valence-electron chi connectivity index (χ4n) is 9.04. The van der Waals surface area contributed by atoms with Crippen LogP contribution in [-0.2, 0) is 64.0 Å². The van der Waals surface area contributed by atoms with E-state index in [9.17, 15) is 19.5 Å². The van der Waals surface area contributed by atoms with Crippen LogP contribution in [0.2, 0.25) is 0 Å². The predicted molar refractivity (Wildman–Crippen MR) is 198 cm³/mol. The van der Waals surface area contributed by atoms with Crippen LogP contribution in [0.5, 0.6) is 0 Å². The van der Waals surface area contributed by atoms with Crippen LogP contribution in [0.25, 0.3) is 6.08 Å². The van der Waals surface area contributed by atoms with Gasteiger partial charge < -0.3 is 34.4 Å². The van der Waals surface area contributed by atoms with E-state index in [1.807, 2.05) is 66.7 Å². The van der Waals surface area contributed by atoms with Gasteiger partial charge in [-0.2, -0.15) is 5.06 Å². The van der Waals surface area contributed by atoms with Crippen molar-refractivity contribution in [1.82, 2.24) is 20.2 Å². The summed E-state index contributed by atoms with van der Waals surface area (Å²) >= 11 is 0. The summed E-state index contributed by atoms with van der Waals surface area (Å²) in [5, 5.41) is 13.8. The van der Waals surface area contributed by atoms with Crippen LogP contribution >= 0.6 is 0 Å². The minimum Gasteiger partial charge on any atom is -0.458 e. The van der Waals surface area contributed by atoms with Gasteiger partial charge in [-0.1, -0.05) is 78.9 Å². The predicted octanol–water partition coefficient (Wildman–Crippen LogP) is 2.05. The third-order valence-corrected chi connectivity index (χ3v) is 11.6. The van der Waals surface area contributed by atoms with Crippen LogP contribution in [0.15, 0.2) is 84.9 Å². The maximum atomic E-state index is 15.4. The Kier molecular flexibility index (Phi) is 9.85. The van der Waals surface area contributed by atoms with E-state index in [1.54, 1.807) is 27.2 Å². The van der Waals surface area contributed by atoms with Crippen molar-refractivity contribution in [1.29, 1.82) is 0 Å². The summed E-state index contributed by atoms with van der Waals surface area (Å²) in [5.41, 5.74) is 3.10. The van der Waals surface area contributed by atoms with Crippen LogP contribution < -0.4 is 5.32 Å². The lowest BCUT2D eigenvalue weighted by atomic mass is 9.62. The lowest BCUT2D eigenvalue weighted by molar-refractivity contribution is -0.218. The molecule has 3 aromatic rings. The number of ether oxygens (including phenoxy) is 3. The molecule has 3 saturated heterocycles. The van der Waals surface area contributed by atoms with E-state index in [0.717, 1.165) is 27.8 Å². The van der Waals surface area contributed by atoms with E-state index in [4.69, 9.17) is 19.0 Å². The molecule has 3 amide bonds. The van der Waals surface area contributed by atoms with Crippen LogP contribution in [0, 0.1) is 5.41 Å². The zero-order chi connectivity index (χ0) is 38.5. The second-order valence-electron chi connectivity index (χ2n) is 15.4. The average molecular weight is 751 g/mol. The van der Waals surface area contributed by atoms with E-state index in [-0.39, 0.29) is 38.4 Å². The van der Waals surface area contributed by atoms with E-state index < -0.39 is 65.5 Å². The number of amides is 3. The Morgan fingerprint density at radius 1 is 0.945 bits per heavy atom. The first-order valence-corrected chi connectivity index (χ1v) is 18.8. The molecular formula is C42H46N4O9. The summed E-state index contributed by atoms with van der Waals surface area (Å²) in [6.45, 7) is -0.131. The lowest BCUT2D eigenvalue weighted by Crippen LogP contribution is -2.70. The van der Waals surface area contributed by atoms with Gasteiger partial charge in [-0.25, -0.2) is 0 Å². The molecule has 0 aromatic heterocycles. The van der Waals surface area contributed by atoms with Gasteiger partial charge in [-0.15, -0.1) is 0 Å². The van der Waals surface area contributed by atoms with Crippen molar-refractivity contribution in [3.05, 3.63) is 113 Å². The second kappa shape index (κ2) is 14.6. The lowest BCUT2D eigenvalue weighted by Gasteiger charge is -2.50. The van der Waals surface area contributed by atoms with Gasteiger partial charge >= 0.3 is 5.97 Å². The molecule has 0 unspecified atom stereocenters. The second-order valence-corrected chi connectivity index (χ2v) is 15.4. The van der Waals surface area contributed by atoms with Crippen molar-refractivity contribution in [2.75, 3.05) is 34.3 Å². The first kappa shape index (κ1) is 37.0. The van der Waals surface area contributed by atoms with Gasteiger partial charge in [0.2, 0.25) is 17.7 Å². The number of fused-ring (bicyclic) bond motifs is 5. The van der Waals surface area contributed by atoms with E-state index in [0.29, 0.717) is 12.8 Å². The Morgan fingerprint density at radius 2 is 1.64 bits per heavy atom. The number of hydroxylamine groups is 2. The third kappa shape index (κ3) is 6.63. The molecule has 288 valence electrons. The molecule has 1 saturated carbocycles. The molecular weight excluding hydrogens is 704 g/mol. The number of nitrogens with one attached hydrogen (secondary N) is 1. The first-order chi connectivity index (χ1) is 26.5. The highest BCUT2D eigenvalue weighted by Crippen LogP contribution is 2.59. The average Bonchev–Trinajstić information content (AvgIpc) is 3.86. The number of rotatable bonds is 11. The van der Waals surface area contributed by atoms with E-state index in [2.05, 4.69) is 17.4 Å². The number of hydrogen-bond acceptors (Lipinski definition) is 10. The molecule has 1 spiro atoms. The minimum absolute atomic E-state index is 0.0186. The molecule has 2 aliphatic carbocycles. The normalized spacial score (nSPS) is 27.7. The van der Waals surface area contributed by atoms with Crippen molar-refractivity contribution >= 4 is 29.8 Å². The maximum Gasteiger partial charge on any atom is 0.327 e. The highest BCUT2D eigenvalue weighted by Gasteiger charge is 2.77. The van der Waals surface area contributed by atoms with Crippen molar-refractivity contribution in [2.24, 2.45) is 5.41 Å². The van der Waals surface area contributed by atoms with Crippen LogP contribution in [0.1, 0.15) is 34.2 Å². The summed E-state index contributed by atoms with van der Waals surface area (Å²) in [6.07, 6.45) is 1.30. The Balaban J connectivity index is 1.16. The number of likely N-dealkylation sites (N-methyl/N-ethyl adjacent to an activating group) is 2. The first-order valence-electron chi connectivity index (χ1n) is 18.8. The number of carbonyl (C=O) groups excluding carboxylic acids is 4. The number of benzene rings is 3. The third-order valence-electron chi connectivity index (χ3n) is 11.6. The van der Waals surface area contributed by atoms with Gasteiger partial charge in [0.1, 0.15) is 35.9 Å². The number of hydrogen-bond donors (Lipinski definition) is 2. The van der Waals surface area contributed by atoms with Crippen LogP contribution in [0.3, 0.4) is 0 Å². The molecule has 3 heterocycles. The molecule has 3 aliphatic heterocycles. The van der Waals surface area contributed by atoms with Crippen molar-refractivity contribution in [2.45, 2.75) is 74.5 Å². The summed E-state index contributed by atoms with van der Waals surface area (Å²) in [7, 11) is 4.94. The van der Waals surface area contributed by atoms with Gasteiger partial charge in [-0.3, -0.25) is 24.0 Å². The summed E-state index contributed by atoms with van der Waals surface area (Å²) in [5.74, 6) is -2.66.